The molecule has 0 saturated carbocycles. The number of methoxy groups -OCH3 is 1. The SMILES string of the molecule is COc1cccc(N2CCCC(N)(C#N)C2)c1. The molecule has 1 atom stereocenters. The molecule has 2 rings (SSSR count). The molecule has 1 saturated heterocycles. The van der Waals surface area contributed by atoms with Crippen LogP contribution in [0.4, 0.5) is 5.69 Å². The molecule has 1 aromatic carbocycles. The zero-order valence-electron chi connectivity index (χ0n) is 10.0. The average molecular weight is 231 g/mol. The van der Waals surface area contributed by atoms with Gasteiger partial charge in [0.15, 0.2) is 0 Å². The van der Waals surface area contributed by atoms with Gasteiger partial charge >= 0.3 is 0 Å². The van der Waals surface area contributed by atoms with Crippen LogP contribution >= 0.6 is 0 Å². The third-order valence-electron chi connectivity index (χ3n) is 3.17. The lowest BCUT2D eigenvalue weighted by Crippen LogP contribution is -2.53. The number of hydrogen-bond donors (Lipinski definition) is 1. The van der Waals surface area contributed by atoms with Gasteiger partial charge in [0.2, 0.25) is 0 Å². The molecule has 17 heavy (non-hydrogen) atoms. The van der Waals surface area contributed by atoms with Gasteiger partial charge in [-0.1, -0.05) is 6.07 Å². The number of benzene rings is 1. The summed E-state index contributed by atoms with van der Waals surface area (Å²) >= 11 is 0. The van der Waals surface area contributed by atoms with Crippen molar-refractivity contribution >= 4 is 5.69 Å². The molecule has 1 unspecified atom stereocenters. The summed E-state index contributed by atoms with van der Waals surface area (Å²) in [4.78, 5) is 2.15. The summed E-state index contributed by atoms with van der Waals surface area (Å²) in [5, 5.41) is 9.09. The van der Waals surface area contributed by atoms with Crippen molar-refractivity contribution in [2.45, 2.75) is 18.4 Å². The Kier molecular flexibility index (Phi) is 3.21. The lowest BCUT2D eigenvalue weighted by atomic mass is 9.91. The van der Waals surface area contributed by atoms with E-state index in [2.05, 4.69) is 11.0 Å². The van der Waals surface area contributed by atoms with Crippen molar-refractivity contribution in [3.05, 3.63) is 24.3 Å². The molecule has 0 aliphatic carbocycles. The summed E-state index contributed by atoms with van der Waals surface area (Å²) in [6.45, 7) is 1.52. The molecule has 1 aliphatic rings. The van der Waals surface area contributed by atoms with Crippen molar-refractivity contribution in [1.82, 2.24) is 0 Å². The summed E-state index contributed by atoms with van der Waals surface area (Å²) in [7, 11) is 1.65. The van der Waals surface area contributed by atoms with E-state index in [4.69, 9.17) is 15.7 Å². The second-order valence-electron chi connectivity index (χ2n) is 4.49. The number of piperidine rings is 1. The monoisotopic (exact) mass is 231 g/mol. The number of nitriles is 1. The molecule has 0 radical (unpaired) electrons. The van der Waals surface area contributed by atoms with Crippen LogP contribution < -0.4 is 15.4 Å². The van der Waals surface area contributed by atoms with Gasteiger partial charge in [-0.3, -0.25) is 0 Å². The third-order valence-corrected chi connectivity index (χ3v) is 3.17. The van der Waals surface area contributed by atoms with Crippen LogP contribution in [0.25, 0.3) is 0 Å². The van der Waals surface area contributed by atoms with Crippen molar-refractivity contribution in [2.75, 3.05) is 25.1 Å². The Labute approximate surface area is 102 Å². The molecule has 1 heterocycles. The molecule has 0 bridgehead atoms. The highest BCUT2D eigenvalue weighted by atomic mass is 16.5. The second-order valence-corrected chi connectivity index (χ2v) is 4.49. The third kappa shape index (κ3) is 2.51. The largest absolute Gasteiger partial charge is 0.497 e. The predicted molar refractivity (Wildman–Crippen MR) is 67.0 cm³/mol. The van der Waals surface area contributed by atoms with Crippen LogP contribution in [0.3, 0.4) is 0 Å². The fraction of sp³-hybridized carbons (Fsp3) is 0.462. The quantitative estimate of drug-likeness (QED) is 0.838. The van der Waals surface area contributed by atoms with Crippen LogP contribution in [0.1, 0.15) is 12.8 Å². The maximum Gasteiger partial charge on any atom is 0.121 e. The van der Waals surface area contributed by atoms with E-state index in [1.54, 1.807) is 7.11 Å². The van der Waals surface area contributed by atoms with Gasteiger partial charge < -0.3 is 15.4 Å². The first-order valence-corrected chi connectivity index (χ1v) is 5.76. The first-order chi connectivity index (χ1) is 8.17. The van der Waals surface area contributed by atoms with Crippen LogP contribution in [0, 0.1) is 11.3 Å². The Hall–Kier alpha value is -1.73. The Bertz CT molecular complexity index is 441. The Morgan fingerprint density at radius 3 is 3.06 bits per heavy atom. The van der Waals surface area contributed by atoms with Crippen LogP contribution in [0.15, 0.2) is 24.3 Å². The van der Waals surface area contributed by atoms with Crippen molar-refractivity contribution in [1.29, 1.82) is 5.26 Å². The standard InChI is InChI=1S/C13H17N3O/c1-17-12-5-2-4-11(8-12)16-7-3-6-13(15,9-14)10-16/h2,4-5,8H,3,6-7,10,15H2,1H3. The number of anilines is 1. The Morgan fingerprint density at radius 1 is 1.53 bits per heavy atom. The highest BCUT2D eigenvalue weighted by molar-refractivity contribution is 5.52. The summed E-state index contributed by atoms with van der Waals surface area (Å²) in [5.74, 6) is 0.827. The highest BCUT2D eigenvalue weighted by Gasteiger charge is 2.31. The van der Waals surface area contributed by atoms with Crippen molar-refractivity contribution in [2.24, 2.45) is 5.73 Å². The smallest absolute Gasteiger partial charge is 0.121 e. The number of nitrogens with zero attached hydrogens (tertiary/aromatic N) is 2. The molecule has 4 nitrogen and oxygen atoms in total. The lowest BCUT2D eigenvalue weighted by Gasteiger charge is -2.37. The topological polar surface area (TPSA) is 62.3 Å². The van der Waals surface area contributed by atoms with Gasteiger partial charge in [0.05, 0.1) is 13.2 Å². The van der Waals surface area contributed by atoms with E-state index in [9.17, 15) is 0 Å². The first kappa shape index (κ1) is 11.7. The highest BCUT2D eigenvalue weighted by Crippen LogP contribution is 2.26. The van der Waals surface area contributed by atoms with Gasteiger partial charge in [0.1, 0.15) is 11.3 Å². The molecule has 2 N–H and O–H groups in total. The molecular weight excluding hydrogens is 214 g/mol. The molecule has 0 amide bonds. The molecule has 0 aromatic heterocycles. The minimum atomic E-state index is -0.721. The van der Waals surface area contributed by atoms with Crippen molar-refractivity contribution in [3.8, 4) is 11.8 Å². The Balaban J connectivity index is 2.19. The molecule has 0 spiro atoms. The molecule has 90 valence electrons. The van der Waals surface area contributed by atoms with E-state index >= 15 is 0 Å². The van der Waals surface area contributed by atoms with Gasteiger partial charge in [-0.2, -0.15) is 5.26 Å². The van der Waals surface area contributed by atoms with Gasteiger partial charge in [-0.25, -0.2) is 0 Å². The zero-order chi connectivity index (χ0) is 12.3. The number of nitrogens with two attached hydrogens (primary N) is 1. The minimum Gasteiger partial charge on any atom is -0.497 e. The first-order valence-electron chi connectivity index (χ1n) is 5.76. The molecule has 1 aromatic rings. The summed E-state index contributed by atoms with van der Waals surface area (Å²) in [6, 6.07) is 10.1. The maximum absolute atomic E-state index is 9.09. The van der Waals surface area contributed by atoms with Crippen LogP contribution in [0.5, 0.6) is 5.75 Å². The molecule has 4 heteroatoms. The van der Waals surface area contributed by atoms with E-state index < -0.39 is 5.54 Å². The predicted octanol–water partition coefficient (Wildman–Crippen LogP) is 1.52. The molecule has 1 fully saturated rings. The zero-order valence-corrected chi connectivity index (χ0v) is 10.0. The maximum atomic E-state index is 9.09. The number of rotatable bonds is 2. The summed E-state index contributed by atoms with van der Waals surface area (Å²) in [6.07, 6.45) is 1.71. The van der Waals surface area contributed by atoms with E-state index in [1.807, 2.05) is 24.3 Å². The number of ether oxygens (including phenoxy) is 1. The van der Waals surface area contributed by atoms with Gasteiger partial charge in [0, 0.05) is 24.8 Å². The average Bonchev–Trinajstić information content (AvgIpc) is 2.39. The Morgan fingerprint density at radius 2 is 2.35 bits per heavy atom. The van der Waals surface area contributed by atoms with E-state index in [0.29, 0.717) is 6.54 Å². The molecule has 1 aliphatic heterocycles. The van der Waals surface area contributed by atoms with Gasteiger partial charge in [-0.15, -0.1) is 0 Å². The summed E-state index contributed by atoms with van der Waals surface area (Å²) in [5.41, 5.74) is 6.37. The number of hydrogen-bond acceptors (Lipinski definition) is 4. The van der Waals surface area contributed by atoms with Gasteiger partial charge in [0.25, 0.3) is 0 Å². The van der Waals surface area contributed by atoms with Crippen LogP contribution in [0.2, 0.25) is 0 Å². The van der Waals surface area contributed by atoms with Crippen LogP contribution in [-0.2, 0) is 0 Å². The minimum absolute atomic E-state index is 0.580. The fourth-order valence-electron chi connectivity index (χ4n) is 2.20. The molecular formula is C13H17N3O. The van der Waals surface area contributed by atoms with Crippen LogP contribution in [-0.4, -0.2) is 25.7 Å². The normalized spacial score (nSPS) is 24.2. The van der Waals surface area contributed by atoms with Crippen molar-refractivity contribution in [3.63, 3.8) is 0 Å². The van der Waals surface area contributed by atoms with E-state index in [1.165, 1.54) is 0 Å². The second kappa shape index (κ2) is 4.64. The van der Waals surface area contributed by atoms with Gasteiger partial charge in [-0.05, 0) is 25.0 Å². The fourth-order valence-corrected chi connectivity index (χ4v) is 2.20. The van der Waals surface area contributed by atoms with E-state index in [-0.39, 0.29) is 0 Å². The lowest BCUT2D eigenvalue weighted by molar-refractivity contribution is 0.411. The van der Waals surface area contributed by atoms with Crippen molar-refractivity contribution < 1.29 is 4.74 Å². The summed E-state index contributed by atoms with van der Waals surface area (Å²) < 4.78 is 5.20. The van der Waals surface area contributed by atoms with E-state index in [0.717, 1.165) is 30.8 Å².